The van der Waals surface area contributed by atoms with Crippen LogP contribution in [-0.2, 0) is 27.2 Å². The van der Waals surface area contributed by atoms with Crippen LogP contribution in [0.15, 0.2) is 36.8 Å². The molecule has 174 valence electrons. The van der Waals surface area contributed by atoms with Crippen LogP contribution in [0, 0.1) is 0 Å². The van der Waals surface area contributed by atoms with E-state index in [2.05, 4.69) is 20.6 Å². The van der Waals surface area contributed by atoms with E-state index < -0.39 is 35.9 Å². The van der Waals surface area contributed by atoms with E-state index in [1.807, 2.05) is 0 Å². The van der Waals surface area contributed by atoms with Gasteiger partial charge in [-0.15, -0.1) is 0 Å². The molecule has 11 nitrogen and oxygen atoms in total. The second-order valence-corrected chi connectivity index (χ2v) is 7.50. The Labute approximate surface area is 185 Å². The van der Waals surface area contributed by atoms with Gasteiger partial charge in [0, 0.05) is 24.7 Å². The first-order chi connectivity index (χ1) is 15.3. The van der Waals surface area contributed by atoms with E-state index in [-0.39, 0.29) is 25.0 Å². The van der Waals surface area contributed by atoms with Crippen molar-refractivity contribution in [3.63, 3.8) is 0 Å². The molecule has 0 fully saturated rings. The van der Waals surface area contributed by atoms with Crippen molar-refractivity contribution in [2.45, 2.75) is 50.2 Å². The number of benzene rings is 1. The number of aromatic amines is 1. The van der Waals surface area contributed by atoms with Gasteiger partial charge in [0.1, 0.15) is 17.8 Å². The first-order valence-electron chi connectivity index (χ1n) is 10.3. The highest BCUT2D eigenvalue weighted by Crippen LogP contribution is 2.12. The number of carbonyl (C=O) groups is 3. The third kappa shape index (κ3) is 8.00. The number of aliphatic carboxylic acids is 1. The quantitative estimate of drug-likeness (QED) is 0.198. The zero-order valence-corrected chi connectivity index (χ0v) is 17.7. The molecule has 0 aliphatic carbocycles. The summed E-state index contributed by atoms with van der Waals surface area (Å²) in [7, 11) is 0. The second kappa shape index (κ2) is 12.4. The molecule has 0 aliphatic heterocycles. The summed E-state index contributed by atoms with van der Waals surface area (Å²) in [6.07, 6.45) is 4.69. The van der Waals surface area contributed by atoms with Crippen LogP contribution >= 0.6 is 0 Å². The molecule has 2 aromatic rings. The fourth-order valence-electron chi connectivity index (χ4n) is 3.10. The summed E-state index contributed by atoms with van der Waals surface area (Å²) in [6, 6.07) is 3.05. The summed E-state index contributed by atoms with van der Waals surface area (Å²) in [5.74, 6) is -2.30. The summed E-state index contributed by atoms with van der Waals surface area (Å²) in [5, 5.41) is 24.0. The van der Waals surface area contributed by atoms with E-state index >= 15 is 0 Å². The van der Waals surface area contributed by atoms with Crippen LogP contribution in [0.4, 0.5) is 0 Å². The molecule has 3 unspecified atom stereocenters. The number of phenolic OH excluding ortho intramolecular Hbond substituents is 1. The normalized spacial score (nSPS) is 13.7. The third-order valence-electron chi connectivity index (χ3n) is 4.90. The SMILES string of the molecule is NCCCCC(NC(=O)C(Cc1ccc(O)cc1)NC(=O)C(N)Cc1cnc[nH]1)C(=O)O. The maximum atomic E-state index is 12.9. The number of amides is 2. The van der Waals surface area contributed by atoms with Crippen LogP contribution in [-0.4, -0.2) is 62.6 Å². The molecule has 32 heavy (non-hydrogen) atoms. The fourth-order valence-corrected chi connectivity index (χ4v) is 3.10. The molecule has 0 saturated heterocycles. The molecule has 0 spiro atoms. The number of rotatable bonds is 13. The van der Waals surface area contributed by atoms with Crippen molar-refractivity contribution in [2.24, 2.45) is 11.5 Å². The maximum Gasteiger partial charge on any atom is 0.326 e. The topological polar surface area (TPSA) is 196 Å². The smallest absolute Gasteiger partial charge is 0.326 e. The zero-order valence-electron chi connectivity index (χ0n) is 17.7. The number of nitrogens with two attached hydrogens (primary N) is 2. The Morgan fingerprint density at radius 2 is 1.72 bits per heavy atom. The molecule has 1 aromatic carbocycles. The molecule has 0 aliphatic rings. The number of hydrogen-bond donors (Lipinski definition) is 7. The molecule has 2 amide bonds. The highest BCUT2D eigenvalue weighted by Gasteiger charge is 2.28. The molecule has 3 atom stereocenters. The fraction of sp³-hybridized carbons (Fsp3) is 0.429. The van der Waals surface area contributed by atoms with Crippen molar-refractivity contribution in [1.29, 1.82) is 0 Å². The highest BCUT2D eigenvalue weighted by atomic mass is 16.4. The summed E-state index contributed by atoms with van der Waals surface area (Å²) < 4.78 is 0. The van der Waals surface area contributed by atoms with Gasteiger partial charge >= 0.3 is 5.97 Å². The predicted molar refractivity (Wildman–Crippen MR) is 116 cm³/mol. The Morgan fingerprint density at radius 3 is 2.31 bits per heavy atom. The minimum atomic E-state index is -1.17. The van der Waals surface area contributed by atoms with Gasteiger partial charge in [-0.2, -0.15) is 0 Å². The van der Waals surface area contributed by atoms with Crippen molar-refractivity contribution in [3.8, 4) is 5.75 Å². The van der Waals surface area contributed by atoms with Crippen molar-refractivity contribution >= 4 is 17.8 Å². The molecule has 1 aromatic heterocycles. The van der Waals surface area contributed by atoms with Crippen molar-refractivity contribution < 1.29 is 24.6 Å². The Hall–Kier alpha value is -3.44. The van der Waals surface area contributed by atoms with Crippen LogP contribution < -0.4 is 22.1 Å². The van der Waals surface area contributed by atoms with E-state index in [1.165, 1.54) is 18.5 Å². The van der Waals surface area contributed by atoms with Crippen molar-refractivity contribution in [1.82, 2.24) is 20.6 Å². The number of aromatic nitrogens is 2. The number of carboxylic acids is 1. The van der Waals surface area contributed by atoms with Gasteiger partial charge in [-0.05, 0) is 43.5 Å². The lowest BCUT2D eigenvalue weighted by atomic mass is 10.0. The van der Waals surface area contributed by atoms with E-state index in [0.717, 1.165) is 0 Å². The standard InChI is InChI=1S/C21H30N6O5/c22-8-2-1-3-17(21(31)32)26-20(30)18(9-13-4-6-15(28)7-5-13)27-19(29)16(23)10-14-11-24-12-25-14/h4-7,11-12,16-18,28H,1-3,8-10,22-23H2,(H,24,25)(H,26,30)(H,27,29)(H,31,32). The number of nitrogens with zero attached hydrogens (tertiary/aromatic N) is 1. The lowest BCUT2D eigenvalue weighted by Gasteiger charge is -2.23. The molecule has 11 heteroatoms. The van der Waals surface area contributed by atoms with Crippen LogP contribution in [0.3, 0.4) is 0 Å². The molecular weight excluding hydrogens is 416 g/mol. The predicted octanol–water partition coefficient (Wildman–Crippen LogP) is -0.589. The molecule has 0 bridgehead atoms. The van der Waals surface area contributed by atoms with Gasteiger partial charge in [0.2, 0.25) is 11.8 Å². The van der Waals surface area contributed by atoms with Gasteiger partial charge < -0.3 is 37.3 Å². The van der Waals surface area contributed by atoms with Gasteiger partial charge in [-0.3, -0.25) is 9.59 Å². The number of nitrogens with one attached hydrogen (secondary N) is 3. The number of H-pyrrole nitrogens is 1. The Balaban J connectivity index is 2.11. The number of imidazole rings is 1. The number of carboxylic acid groups (broad SMARTS) is 1. The zero-order chi connectivity index (χ0) is 23.5. The van der Waals surface area contributed by atoms with Crippen molar-refractivity contribution in [2.75, 3.05) is 6.54 Å². The van der Waals surface area contributed by atoms with Crippen LogP contribution in [0.2, 0.25) is 0 Å². The molecular formula is C21H30N6O5. The van der Waals surface area contributed by atoms with E-state index in [1.54, 1.807) is 18.3 Å². The summed E-state index contributed by atoms with van der Waals surface area (Å²) in [6.45, 7) is 0.425. The number of aromatic hydroxyl groups is 1. The highest BCUT2D eigenvalue weighted by molar-refractivity contribution is 5.92. The number of unbranched alkanes of at least 4 members (excludes halogenated alkanes) is 1. The van der Waals surface area contributed by atoms with Gasteiger partial charge in [-0.1, -0.05) is 12.1 Å². The lowest BCUT2D eigenvalue weighted by Crippen LogP contribution is -2.55. The largest absolute Gasteiger partial charge is 0.508 e. The average molecular weight is 447 g/mol. The second-order valence-electron chi connectivity index (χ2n) is 7.50. The third-order valence-corrected chi connectivity index (χ3v) is 4.90. The molecule has 0 saturated carbocycles. The van der Waals surface area contributed by atoms with E-state index in [4.69, 9.17) is 11.5 Å². The summed E-state index contributed by atoms with van der Waals surface area (Å²) in [4.78, 5) is 43.9. The Morgan fingerprint density at radius 1 is 1.03 bits per heavy atom. The van der Waals surface area contributed by atoms with Gasteiger partial charge in [0.15, 0.2) is 0 Å². The van der Waals surface area contributed by atoms with Gasteiger partial charge in [0.05, 0.1) is 12.4 Å². The number of carbonyl (C=O) groups excluding carboxylic acids is 2. The average Bonchev–Trinajstić information content (AvgIpc) is 3.26. The molecule has 2 rings (SSSR count). The summed E-state index contributed by atoms with van der Waals surface area (Å²) >= 11 is 0. The molecule has 0 radical (unpaired) electrons. The summed E-state index contributed by atoms with van der Waals surface area (Å²) in [5.41, 5.74) is 12.8. The van der Waals surface area contributed by atoms with Crippen LogP contribution in [0.5, 0.6) is 5.75 Å². The van der Waals surface area contributed by atoms with Crippen molar-refractivity contribution in [3.05, 3.63) is 48.0 Å². The Bertz CT molecular complexity index is 871. The molecule has 9 N–H and O–H groups in total. The number of phenols is 1. The van der Waals surface area contributed by atoms with Crippen LogP contribution in [0.25, 0.3) is 0 Å². The minimum absolute atomic E-state index is 0.0613. The van der Waals surface area contributed by atoms with E-state index in [0.29, 0.717) is 30.6 Å². The first kappa shape index (κ1) is 24.8. The minimum Gasteiger partial charge on any atom is -0.508 e. The Kier molecular flexibility index (Phi) is 9.64. The lowest BCUT2D eigenvalue weighted by molar-refractivity contribution is -0.142. The molecule has 1 heterocycles. The van der Waals surface area contributed by atoms with Crippen LogP contribution in [0.1, 0.15) is 30.5 Å². The van der Waals surface area contributed by atoms with E-state index in [9.17, 15) is 24.6 Å². The first-order valence-corrected chi connectivity index (χ1v) is 10.3. The maximum absolute atomic E-state index is 12.9. The number of hydrogen-bond acceptors (Lipinski definition) is 7. The monoisotopic (exact) mass is 446 g/mol. The van der Waals surface area contributed by atoms with Gasteiger partial charge in [0.25, 0.3) is 0 Å². The van der Waals surface area contributed by atoms with Gasteiger partial charge in [-0.25, -0.2) is 9.78 Å².